The monoisotopic (exact) mass is 479 g/mol. The number of carbonyl (C=O) groups excluding carboxylic acids is 2. The van der Waals surface area contributed by atoms with Crippen LogP contribution in [0.15, 0.2) is 60.8 Å². The summed E-state index contributed by atoms with van der Waals surface area (Å²) in [5.41, 5.74) is 1.41. The molecule has 1 saturated carbocycles. The number of hydrogen-bond acceptors (Lipinski definition) is 5. The quantitative estimate of drug-likeness (QED) is 0.441. The highest BCUT2D eigenvalue weighted by Crippen LogP contribution is 2.40. The highest BCUT2D eigenvalue weighted by atomic mass is 35.5. The summed E-state index contributed by atoms with van der Waals surface area (Å²) < 4.78 is 13.3. The van der Waals surface area contributed by atoms with Gasteiger partial charge in [-0.25, -0.2) is 4.79 Å². The van der Waals surface area contributed by atoms with E-state index < -0.39 is 0 Å². The van der Waals surface area contributed by atoms with Crippen molar-refractivity contribution < 1.29 is 19.1 Å². The third kappa shape index (κ3) is 5.00. The van der Waals surface area contributed by atoms with Crippen molar-refractivity contribution in [1.29, 1.82) is 0 Å². The lowest BCUT2D eigenvalue weighted by molar-refractivity contribution is 0.0383. The molecule has 0 unspecified atom stereocenters. The second-order valence-electron chi connectivity index (χ2n) is 9.01. The lowest BCUT2D eigenvalue weighted by atomic mass is 10.0. The van der Waals surface area contributed by atoms with Crippen molar-refractivity contribution in [2.45, 2.75) is 32.5 Å². The van der Waals surface area contributed by atoms with Gasteiger partial charge in [-0.05, 0) is 72.7 Å². The van der Waals surface area contributed by atoms with Gasteiger partial charge in [0.1, 0.15) is 17.2 Å². The van der Waals surface area contributed by atoms with Crippen LogP contribution >= 0.6 is 11.6 Å². The van der Waals surface area contributed by atoms with E-state index in [1.807, 2.05) is 41.3 Å². The standard InChI is InChI=1S/C26H26ClN3O4/c1-17(31)25-10-11-30(28-25)26(32)29-14-19-12-24(13-20(19)15-29)33-16-18-2-6-22(7-3-18)34-23-8-4-21(27)5-9-23/h2-11,19-20,24H,12-16H2,1H3/t19-,20+,24+. The summed E-state index contributed by atoms with van der Waals surface area (Å²) >= 11 is 5.91. The van der Waals surface area contributed by atoms with Crippen LogP contribution in [0.3, 0.4) is 0 Å². The Morgan fingerprint density at radius 1 is 0.971 bits per heavy atom. The zero-order valence-electron chi connectivity index (χ0n) is 18.9. The van der Waals surface area contributed by atoms with E-state index in [1.54, 1.807) is 24.4 Å². The van der Waals surface area contributed by atoms with Gasteiger partial charge in [0.15, 0.2) is 5.78 Å². The van der Waals surface area contributed by atoms with Gasteiger partial charge in [-0.15, -0.1) is 0 Å². The predicted octanol–water partition coefficient (Wildman–Crippen LogP) is 5.43. The molecule has 2 fully saturated rings. The van der Waals surface area contributed by atoms with E-state index in [1.165, 1.54) is 11.6 Å². The van der Waals surface area contributed by atoms with Crippen LogP contribution in [-0.4, -0.2) is 45.7 Å². The Hall–Kier alpha value is -3.16. The van der Waals surface area contributed by atoms with Crippen molar-refractivity contribution in [2.24, 2.45) is 11.8 Å². The molecule has 2 heterocycles. The van der Waals surface area contributed by atoms with Crippen molar-refractivity contribution >= 4 is 23.4 Å². The van der Waals surface area contributed by atoms with Gasteiger partial charge in [0.2, 0.25) is 0 Å². The molecule has 0 spiro atoms. The number of benzene rings is 2. The maximum absolute atomic E-state index is 12.7. The molecule has 8 heteroatoms. The molecule has 3 aromatic rings. The fourth-order valence-corrected chi connectivity index (χ4v) is 4.93. The molecule has 2 aromatic carbocycles. The maximum Gasteiger partial charge on any atom is 0.344 e. The normalized spacial score (nSPS) is 21.5. The van der Waals surface area contributed by atoms with Crippen LogP contribution in [0.1, 0.15) is 35.8 Å². The number of Topliss-reactive ketones (excluding diaryl/α,β-unsaturated/α-hetero) is 1. The molecule has 1 aromatic heterocycles. The van der Waals surface area contributed by atoms with Gasteiger partial charge >= 0.3 is 6.03 Å². The van der Waals surface area contributed by atoms with Crippen molar-refractivity contribution in [3.8, 4) is 11.5 Å². The first-order chi connectivity index (χ1) is 16.4. The van der Waals surface area contributed by atoms with E-state index in [9.17, 15) is 9.59 Å². The molecule has 0 bridgehead atoms. The third-order valence-corrected chi connectivity index (χ3v) is 6.83. The molecule has 0 N–H and O–H groups in total. The Morgan fingerprint density at radius 2 is 1.59 bits per heavy atom. The van der Waals surface area contributed by atoms with Gasteiger partial charge < -0.3 is 14.4 Å². The zero-order valence-corrected chi connectivity index (χ0v) is 19.6. The first kappa shape index (κ1) is 22.6. The molecule has 7 nitrogen and oxygen atoms in total. The topological polar surface area (TPSA) is 73.7 Å². The molecule has 0 radical (unpaired) electrons. The largest absolute Gasteiger partial charge is 0.457 e. The second kappa shape index (κ2) is 9.60. The van der Waals surface area contributed by atoms with Gasteiger partial charge in [0, 0.05) is 31.2 Å². The van der Waals surface area contributed by atoms with Gasteiger partial charge in [-0.2, -0.15) is 9.78 Å². The Morgan fingerprint density at radius 3 is 2.18 bits per heavy atom. The molecule has 1 aliphatic heterocycles. The number of ketones is 1. The van der Waals surface area contributed by atoms with Gasteiger partial charge in [0.05, 0.1) is 12.7 Å². The maximum atomic E-state index is 12.7. The van der Waals surface area contributed by atoms with Crippen LogP contribution in [0.25, 0.3) is 0 Å². The number of hydrogen-bond donors (Lipinski definition) is 0. The SMILES string of the molecule is CC(=O)c1ccn(C(=O)N2C[C@H]3C[C@H](OCc4ccc(Oc5ccc(Cl)cc5)cc4)C[C@H]3C2)n1. The highest BCUT2D eigenvalue weighted by molar-refractivity contribution is 6.30. The van der Waals surface area contributed by atoms with Crippen LogP contribution < -0.4 is 4.74 Å². The summed E-state index contributed by atoms with van der Waals surface area (Å²) in [6.07, 6.45) is 3.66. The van der Waals surface area contributed by atoms with E-state index >= 15 is 0 Å². The number of amides is 1. The number of carbonyl (C=O) groups is 2. The summed E-state index contributed by atoms with van der Waals surface area (Å²) in [4.78, 5) is 26.0. The number of likely N-dealkylation sites (tertiary alicyclic amines) is 1. The fourth-order valence-electron chi connectivity index (χ4n) is 4.81. The molecular weight excluding hydrogens is 454 g/mol. The first-order valence-electron chi connectivity index (χ1n) is 11.4. The Labute approximate surface area is 203 Å². The number of rotatable bonds is 6. The smallest absolute Gasteiger partial charge is 0.344 e. The van der Waals surface area contributed by atoms with Gasteiger partial charge in [-0.3, -0.25) is 4.79 Å². The van der Waals surface area contributed by atoms with Crippen LogP contribution in [0, 0.1) is 11.8 Å². The minimum Gasteiger partial charge on any atom is -0.457 e. The molecule has 176 valence electrons. The lowest BCUT2D eigenvalue weighted by Crippen LogP contribution is -2.34. The molecule has 5 rings (SSSR count). The zero-order chi connectivity index (χ0) is 23.7. The van der Waals surface area contributed by atoms with Crippen LogP contribution in [-0.2, 0) is 11.3 Å². The second-order valence-corrected chi connectivity index (χ2v) is 9.45. The lowest BCUT2D eigenvalue weighted by Gasteiger charge is -2.19. The highest BCUT2D eigenvalue weighted by Gasteiger charge is 2.43. The van der Waals surface area contributed by atoms with Crippen LogP contribution in [0.2, 0.25) is 5.02 Å². The Balaban J connectivity index is 1.08. The average molecular weight is 480 g/mol. The van der Waals surface area contributed by atoms with Crippen molar-refractivity contribution in [1.82, 2.24) is 14.7 Å². The number of nitrogens with zero attached hydrogens (tertiary/aromatic N) is 3. The van der Waals surface area contributed by atoms with Gasteiger partial charge in [-0.1, -0.05) is 23.7 Å². The van der Waals surface area contributed by atoms with E-state index in [-0.39, 0.29) is 17.9 Å². The Bertz CT molecular complexity index is 1160. The van der Waals surface area contributed by atoms with E-state index in [2.05, 4.69) is 5.10 Å². The number of halogens is 1. The Kier molecular flexibility index (Phi) is 6.39. The molecule has 1 aliphatic carbocycles. The molecule has 2 aliphatic rings. The van der Waals surface area contributed by atoms with Crippen molar-refractivity contribution in [2.75, 3.05) is 13.1 Å². The average Bonchev–Trinajstić information content (AvgIpc) is 3.55. The fraction of sp³-hybridized carbons (Fsp3) is 0.346. The number of ether oxygens (including phenoxy) is 2. The van der Waals surface area contributed by atoms with Crippen LogP contribution in [0.4, 0.5) is 4.79 Å². The predicted molar refractivity (Wildman–Crippen MR) is 127 cm³/mol. The van der Waals surface area contributed by atoms with Gasteiger partial charge in [0.25, 0.3) is 0 Å². The molecular formula is C26H26ClN3O4. The summed E-state index contributed by atoms with van der Waals surface area (Å²) in [6.45, 7) is 3.40. The molecule has 3 atom stereocenters. The minimum absolute atomic E-state index is 0.145. The number of aromatic nitrogens is 2. The van der Waals surface area contributed by atoms with Crippen molar-refractivity contribution in [3.05, 3.63) is 77.1 Å². The minimum atomic E-state index is -0.166. The van der Waals surface area contributed by atoms with E-state index in [0.717, 1.165) is 29.9 Å². The number of fused-ring (bicyclic) bond motifs is 1. The van der Waals surface area contributed by atoms with Crippen molar-refractivity contribution in [3.63, 3.8) is 0 Å². The summed E-state index contributed by atoms with van der Waals surface area (Å²) in [7, 11) is 0. The summed E-state index contributed by atoms with van der Waals surface area (Å²) in [5, 5.41) is 4.77. The first-order valence-corrected chi connectivity index (χ1v) is 11.8. The van der Waals surface area contributed by atoms with E-state index in [4.69, 9.17) is 21.1 Å². The molecule has 1 amide bonds. The summed E-state index contributed by atoms with van der Waals surface area (Å²) in [5.74, 6) is 2.23. The van der Waals surface area contributed by atoms with Crippen LogP contribution in [0.5, 0.6) is 11.5 Å². The summed E-state index contributed by atoms with van der Waals surface area (Å²) in [6, 6.07) is 16.6. The molecule has 34 heavy (non-hydrogen) atoms. The third-order valence-electron chi connectivity index (χ3n) is 6.58. The molecule has 1 saturated heterocycles. The van der Waals surface area contributed by atoms with E-state index in [0.29, 0.717) is 42.2 Å².